The third-order valence-electron chi connectivity index (χ3n) is 1.53. The average Bonchev–Trinajstić information content (AvgIpc) is 2.05. The standard InChI is InChI=1S/C9H11N/c1-3-8-4-6-9(10-2)7-5-8/h2,4-7,10H,3H2,1H3. The number of aryl methyl sites for hydroxylation is 1. The SMILES string of the molecule is [CH]Nc1ccc(CC)cc1. The molecule has 10 heavy (non-hydrogen) atoms. The zero-order chi connectivity index (χ0) is 7.40. The third kappa shape index (κ3) is 1.50. The summed E-state index contributed by atoms with van der Waals surface area (Å²) in [5, 5.41) is 2.58. The van der Waals surface area contributed by atoms with E-state index in [4.69, 9.17) is 7.05 Å². The fourth-order valence-electron chi connectivity index (χ4n) is 0.837. The number of benzene rings is 1. The van der Waals surface area contributed by atoms with E-state index in [2.05, 4.69) is 24.4 Å². The van der Waals surface area contributed by atoms with Gasteiger partial charge in [0.05, 0.1) is 7.05 Å². The van der Waals surface area contributed by atoms with Crippen molar-refractivity contribution in [3.8, 4) is 0 Å². The summed E-state index contributed by atoms with van der Waals surface area (Å²) in [4.78, 5) is 0. The van der Waals surface area contributed by atoms with Gasteiger partial charge in [0, 0.05) is 5.69 Å². The summed E-state index contributed by atoms with van der Waals surface area (Å²) in [6.07, 6.45) is 1.07. The normalized spacial score (nSPS) is 9.40. The van der Waals surface area contributed by atoms with Crippen LogP contribution in [-0.2, 0) is 6.42 Å². The maximum absolute atomic E-state index is 5.19. The van der Waals surface area contributed by atoms with Crippen LogP contribution in [0.2, 0.25) is 0 Å². The second kappa shape index (κ2) is 3.25. The van der Waals surface area contributed by atoms with E-state index in [-0.39, 0.29) is 0 Å². The number of hydrogen-bond donors (Lipinski definition) is 1. The summed E-state index contributed by atoms with van der Waals surface area (Å²) < 4.78 is 0. The van der Waals surface area contributed by atoms with Crippen molar-refractivity contribution < 1.29 is 0 Å². The predicted molar refractivity (Wildman–Crippen MR) is 43.7 cm³/mol. The molecule has 0 spiro atoms. The van der Waals surface area contributed by atoms with Crippen LogP contribution in [0.1, 0.15) is 12.5 Å². The van der Waals surface area contributed by atoms with Gasteiger partial charge in [-0.15, -0.1) is 0 Å². The molecule has 1 heteroatoms. The van der Waals surface area contributed by atoms with Gasteiger partial charge in [-0.1, -0.05) is 19.1 Å². The van der Waals surface area contributed by atoms with Crippen LogP contribution < -0.4 is 5.32 Å². The molecule has 1 N–H and O–H groups in total. The number of nitrogens with one attached hydrogen (secondary N) is 1. The van der Waals surface area contributed by atoms with Crippen molar-refractivity contribution in [2.45, 2.75) is 13.3 Å². The molecule has 0 saturated heterocycles. The van der Waals surface area contributed by atoms with E-state index >= 15 is 0 Å². The summed E-state index contributed by atoms with van der Waals surface area (Å²) in [6.45, 7) is 2.13. The smallest absolute Gasteiger partial charge is 0.0705 e. The van der Waals surface area contributed by atoms with Gasteiger partial charge in [0.1, 0.15) is 0 Å². The van der Waals surface area contributed by atoms with E-state index in [0.29, 0.717) is 0 Å². The van der Waals surface area contributed by atoms with Crippen molar-refractivity contribution in [3.05, 3.63) is 36.9 Å². The van der Waals surface area contributed by atoms with Gasteiger partial charge < -0.3 is 5.32 Å². The van der Waals surface area contributed by atoms with Crippen LogP contribution in [0.3, 0.4) is 0 Å². The molecule has 0 aliphatic carbocycles. The molecule has 0 heterocycles. The lowest BCUT2D eigenvalue weighted by Gasteiger charge is -1.99. The van der Waals surface area contributed by atoms with E-state index < -0.39 is 0 Å². The minimum Gasteiger partial charge on any atom is -0.378 e. The van der Waals surface area contributed by atoms with Crippen LogP contribution >= 0.6 is 0 Å². The van der Waals surface area contributed by atoms with Crippen molar-refractivity contribution in [2.24, 2.45) is 0 Å². The summed E-state index contributed by atoms with van der Waals surface area (Å²) in [5.74, 6) is 0. The lowest BCUT2D eigenvalue weighted by atomic mass is 10.1. The van der Waals surface area contributed by atoms with Crippen molar-refractivity contribution in [3.63, 3.8) is 0 Å². The van der Waals surface area contributed by atoms with Crippen molar-refractivity contribution >= 4 is 5.69 Å². The zero-order valence-corrected chi connectivity index (χ0v) is 6.09. The van der Waals surface area contributed by atoms with Gasteiger partial charge in [-0.2, -0.15) is 0 Å². The molecule has 0 aliphatic rings. The lowest BCUT2D eigenvalue weighted by Crippen LogP contribution is -1.84. The zero-order valence-electron chi connectivity index (χ0n) is 6.09. The second-order valence-electron chi connectivity index (χ2n) is 2.19. The molecule has 0 atom stereocenters. The molecule has 1 aromatic rings. The Bertz CT molecular complexity index is 165. The summed E-state index contributed by atoms with van der Waals surface area (Å²) in [5.41, 5.74) is 2.29. The topological polar surface area (TPSA) is 12.0 Å². The molecule has 52 valence electrons. The first-order valence-corrected chi connectivity index (χ1v) is 3.42. The Morgan fingerprint density at radius 3 is 2.30 bits per heavy atom. The Kier molecular flexibility index (Phi) is 2.32. The highest BCUT2D eigenvalue weighted by Crippen LogP contribution is 2.08. The molecule has 1 nitrogen and oxygen atoms in total. The van der Waals surface area contributed by atoms with Crippen LogP contribution in [-0.4, -0.2) is 0 Å². The van der Waals surface area contributed by atoms with Crippen molar-refractivity contribution in [1.82, 2.24) is 0 Å². The van der Waals surface area contributed by atoms with E-state index in [9.17, 15) is 0 Å². The molecule has 0 amide bonds. The molecular weight excluding hydrogens is 122 g/mol. The molecule has 1 aromatic carbocycles. The maximum Gasteiger partial charge on any atom is 0.0705 e. The van der Waals surface area contributed by atoms with E-state index in [1.807, 2.05) is 12.1 Å². The Morgan fingerprint density at radius 2 is 1.90 bits per heavy atom. The van der Waals surface area contributed by atoms with Crippen molar-refractivity contribution in [2.75, 3.05) is 5.32 Å². The van der Waals surface area contributed by atoms with E-state index in [0.717, 1.165) is 12.1 Å². The molecular formula is C9H11N. The predicted octanol–water partition coefficient (Wildman–Crippen LogP) is 2.33. The monoisotopic (exact) mass is 133 g/mol. The van der Waals surface area contributed by atoms with Gasteiger partial charge in [-0.05, 0) is 24.1 Å². The fourth-order valence-corrected chi connectivity index (χ4v) is 0.837. The molecule has 0 fully saturated rings. The number of anilines is 1. The molecule has 0 aromatic heterocycles. The first-order chi connectivity index (χ1) is 4.86. The van der Waals surface area contributed by atoms with Gasteiger partial charge in [-0.25, -0.2) is 0 Å². The Balaban J connectivity index is 2.80. The van der Waals surface area contributed by atoms with Crippen LogP contribution in [0.5, 0.6) is 0 Å². The minimum atomic E-state index is 0.956. The second-order valence-corrected chi connectivity index (χ2v) is 2.19. The Morgan fingerprint density at radius 1 is 1.30 bits per heavy atom. The fraction of sp³-hybridized carbons (Fsp3) is 0.222. The van der Waals surface area contributed by atoms with Gasteiger partial charge in [0.2, 0.25) is 0 Å². The van der Waals surface area contributed by atoms with Gasteiger partial charge in [0.25, 0.3) is 0 Å². The molecule has 0 bridgehead atoms. The van der Waals surface area contributed by atoms with Crippen LogP contribution in [0.4, 0.5) is 5.69 Å². The molecule has 0 unspecified atom stereocenters. The quantitative estimate of drug-likeness (QED) is 0.610. The van der Waals surface area contributed by atoms with Crippen LogP contribution in [0, 0.1) is 7.05 Å². The summed E-state index contributed by atoms with van der Waals surface area (Å²) >= 11 is 0. The highest BCUT2D eigenvalue weighted by atomic mass is 14.8. The molecule has 0 aliphatic heterocycles. The van der Waals surface area contributed by atoms with Crippen LogP contribution in [0.15, 0.2) is 24.3 Å². The highest BCUT2D eigenvalue weighted by Gasteiger charge is 1.87. The van der Waals surface area contributed by atoms with Crippen molar-refractivity contribution in [1.29, 1.82) is 0 Å². The van der Waals surface area contributed by atoms with Gasteiger partial charge >= 0.3 is 0 Å². The maximum atomic E-state index is 5.19. The first-order valence-electron chi connectivity index (χ1n) is 3.42. The Hall–Kier alpha value is -0.980. The van der Waals surface area contributed by atoms with Gasteiger partial charge in [0.15, 0.2) is 0 Å². The third-order valence-corrected chi connectivity index (χ3v) is 1.53. The average molecular weight is 133 g/mol. The molecule has 2 radical (unpaired) electrons. The number of hydrogen-bond acceptors (Lipinski definition) is 1. The lowest BCUT2D eigenvalue weighted by molar-refractivity contribution is 1.14. The van der Waals surface area contributed by atoms with E-state index in [1.165, 1.54) is 5.56 Å². The minimum absolute atomic E-state index is 0.956. The highest BCUT2D eigenvalue weighted by molar-refractivity contribution is 5.44. The largest absolute Gasteiger partial charge is 0.378 e. The van der Waals surface area contributed by atoms with Crippen LogP contribution in [0.25, 0.3) is 0 Å². The first kappa shape index (κ1) is 7.13. The summed E-state index contributed by atoms with van der Waals surface area (Å²) in [6, 6.07) is 8.07. The van der Waals surface area contributed by atoms with E-state index in [1.54, 1.807) is 0 Å². The molecule has 0 saturated carbocycles. The Labute approximate surface area is 62.1 Å². The summed E-state index contributed by atoms with van der Waals surface area (Å²) in [7, 11) is 5.19. The number of rotatable bonds is 2. The molecule has 1 rings (SSSR count). The van der Waals surface area contributed by atoms with Gasteiger partial charge in [-0.3, -0.25) is 0 Å².